The number of benzene rings is 2. The number of amides is 1. The molecule has 3 aromatic rings. The molecule has 0 unspecified atom stereocenters. The van der Waals surface area contributed by atoms with Crippen molar-refractivity contribution in [2.45, 2.75) is 20.6 Å². The maximum absolute atomic E-state index is 12.4. The Morgan fingerprint density at radius 2 is 1.96 bits per heavy atom. The molecule has 0 saturated carbocycles. The molecule has 128 valence electrons. The Balaban J connectivity index is 1.62. The lowest BCUT2D eigenvalue weighted by Crippen LogP contribution is -2.13. The van der Waals surface area contributed by atoms with Gasteiger partial charge in [0, 0.05) is 10.0 Å². The summed E-state index contributed by atoms with van der Waals surface area (Å²) in [4.78, 5) is 12.4. The van der Waals surface area contributed by atoms with Gasteiger partial charge in [-0.05, 0) is 49.7 Å². The topological polar surface area (TPSA) is 56.2 Å². The van der Waals surface area contributed by atoms with Crippen LogP contribution in [-0.4, -0.2) is 15.7 Å². The molecule has 0 aliphatic carbocycles. The molecule has 0 saturated heterocycles. The molecule has 1 heterocycles. The third-order valence-corrected chi connectivity index (χ3v) is 4.23. The zero-order valence-electron chi connectivity index (χ0n) is 14.0. The third kappa shape index (κ3) is 4.48. The summed E-state index contributed by atoms with van der Waals surface area (Å²) in [5.74, 6) is 0.606. The molecule has 0 spiro atoms. The van der Waals surface area contributed by atoms with E-state index in [0.717, 1.165) is 21.3 Å². The van der Waals surface area contributed by atoms with Crippen LogP contribution in [0.25, 0.3) is 0 Å². The number of aryl methyl sites for hydroxylation is 2. The van der Waals surface area contributed by atoms with E-state index in [0.29, 0.717) is 11.3 Å². The monoisotopic (exact) mass is 399 g/mol. The molecule has 5 nitrogen and oxygen atoms in total. The van der Waals surface area contributed by atoms with Gasteiger partial charge in [-0.1, -0.05) is 33.6 Å². The molecule has 0 bridgehead atoms. The van der Waals surface area contributed by atoms with Gasteiger partial charge in [-0.15, -0.1) is 0 Å². The number of hydrogen-bond acceptors (Lipinski definition) is 3. The van der Waals surface area contributed by atoms with Gasteiger partial charge < -0.3 is 10.1 Å². The zero-order valence-corrected chi connectivity index (χ0v) is 15.6. The molecule has 1 aromatic heterocycles. The average Bonchev–Trinajstić information content (AvgIpc) is 3.04. The van der Waals surface area contributed by atoms with Crippen LogP contribution >= 0.6 is 15.9 Å². The fraction of sp³-hybridized carbons (Fsp3) is 0.158. The van der Waals surface area contributed by atoms with Crippen molar-refractivity contribution in [2.24, 2.45) is 0 Å². The van der Waals surface area contributed by atoms with Crippen LogP contribution in [0.1, 0.15) is 21.5 Å². The molecular formula is C19H18BrN3O2. The summed E-state index contributed by atoms with van der Waals surface area (Å²) in [7, 11) is 0. The van der Waals surface area contributed by atoms with Crippen molar-refractivity contribution in [1.82, 2.24) is 9.78 Å². The summed E-state index contributed by atoms with van der Waals surface area (Å²) in [6, 6.07) is 13.4. The van der Waals surface area contributed by atoms with Crippen LogP contribution in [0.2, 0.25) is 0 Å². The first kappa shape index (κ1) is 17.2. The number of carbonyl (C=O) groups excluding carboxylic acids is 1. The summed E-state index contributed by atoms with van der Waals surface area (Å²) < 4.78 is 8.27. The van der Waals surface area contributed by atoms with Crippen LogP contribution in [0.5, 0.6) is 5.75 Å². The highest BCUT2D eigenvalue weighted by molar-refractivity contribution is 9.10. The van der Waals surface area contributed by atoms with Crippen LogP contribution in [0, 0.1) is 13.8 Å². The van der Waals surface area contributed by atoms with E-state index in [2.05, 4.69) is 26.3 Å². The molecule has 1 N–H and O–H groups in total. The fourth-order valence-corrected chi connectivity index (χ4v) is 2.61. The highest BCUT2D eigenvalue weighted by Crippen LogP contribution is 2.17. The molecule has 0 radical (unpaired) electrons. The molecule has 25 heavy (non-hydrogen) atoms. The highest BCUT2D eigenvalue weighted by atomic mass is 79.9. The van der Waals surface area contributed by atoms with Gasteiger partial charge in [-0.25, -0.2) is 4.68 Å². The second-order valence-electron chi connectivity index (χ2n) is 5.77. The number of nitrogens with zero attached hydrogens (tertiary/aromatic N) is 2. The molecule has 1 amide bonds. The van der Waals surface area contributed by atoms with E-state index in [1.807, 2.05) is 56.3 Å². The number of nitrogens with one attached hydrogen (secondary N) is 1. The Morgan fingerprint density at radius 1 is 1.20 bits per heavy atom. The second kappa shape index (κ2) is 7.53. The van der Waals surface area contributed by atoms with Crippen LogP contribution in [0.3, 0.4) is 0 Å². The van der Waals surface area contributed by atoms with E-state index in [1.165, 1.54) is 0 Å². The molecule has 0 atom stereocenters. The lowest BCUT2D eigenvalue weighted by atomic mass is 10.1. The van der Waals surface area contributed by atoms with Gasteiger partial charge in [0.25, 0.3) is 5.91 Å². The summed E-state index contributed by atoms with van der Waals surface area (Å²) in [5, 5.41) is 7.07. The lowest BCUT2D eigenvalue weighted by Gasteiger charge is -2.07. The van der Waals surface area contributed by atoms with Gasteiger partial charge >= 0.3 is 0 Å². The van der Waals surface area contributed by atoms with Crippen molar-refractivity contribution >= 4 is 27.5 Å². The van der Waals surface area contributed by atoms with Crippen molar-refractivity contribution in [3.8, 4) is 5.75 Å². The quantitative estimate of drug-likeness (QED) is 0.684. The molecule has 0 fully saturated rings. The van der Waals surface area contributed by atoms with E-state index in [4.69, 9.17) is 4.74 Å². The number of anilines is 1. The van der Waals surface area contributed by atoms with Crippen LogP contribution < -0.4 is 10.1 Å². The van der Waals surface area contributed by atoms with Gasteiger partial charge in [-0.2, -0.15) is 5.10 Å². The Kier molecular flexibility index (Phi) is 5.19. The third-order valence-electron chi connectivity index (χ3n) is 3.71. The van der Waals surface area contributed by atoms with Crippen molar-refractivity contribution in [3.05, 3.63) is 76.0 Å². The maximum atomic E-state index is 12.4. The predicted octanol–water partition coefficient (Wildman–Crippen LogP) is 4.55. The molecule has 3 rings (SSSR count). The zero-order chi connectivity index (χ0) is 17.8. The summed E-state index contributed by atoms with van der Waals surface area (Å²) in [6.07, 6.45) is 3.34. The Morgan fingerprint density at radius 3 is 2.72 bits per heavy atom. The lowest BCUT2D eigenvalue weighted by molar-refractivity contribution is 0.102. The smallest absolute Gasteiger partial charge is 0.256 e. The van der Waals surface area contributed by atoms with E-state index in [9.17, 15) is 4.79 Å². The Bertz CT molecular complexity index is 888. The van der Waals surface area contributed by atoms with Gasteiger partial charge in [0.2, 0.25) is 0 Å². The first-order valence-corrected chi connectivity index (χ1v) is 8.60. The minimum atomic E-state index is -0.144. The molecular weight excluding hydrogens is 382 g/mol. The largest absolute Gasteiger partial charge is 0.471 e. The first-order valence-electron chi connectivity index (χ1n) is 7.81. The predicted molar refractivity (Wildman–Crippen MR) is 101 cm³/mol. The van der Waals surface area contributed by atoms with Gasteiger partial charge in [-0.3, -0.25) is 4.79 Å². The van der Waals surface area contributed by atoms with Crippen molar-refractivity contribution < 1.29 is 9.53 Å². The molecule has 0 aliphatic heterocycles. The standard InChI is InChI=1S/C19H18BrN3O2/c1-13-3-4-14(2)18(9-13)19(24)22-16-10-21-23(11-16)12-25-17-7-5-15(20)6-8-17/h3-11H,12H2,1-2H3,(H,22,24). The van der Waals surface area contributed by atoms with Crippen molar-refractivity contribution in [1.29, 1.82) is 0 Å². The minimum absolute atomic E-state index is 0.144. The molecule has 2 aromatic carbocycles. The van der Waals surface area contributed by atoms with Crippen molar-refractivity contribution in [3.63, 3.8) is 0 Å². The summed E-state index contributed by atoms with van der Waals surface area (Å²) in [5.41, 5.74) is 3.28. The van der Waals surface area contributed by atoms with E-state index in [-0.39, 0.29) is 12.6 Å². The van der Waals surface area contributed by atoms with Gasteiger partial charge in [0.05, 0.1) is 18.1 Å². The van der Waals surface area contributed by atoms with Crippen LogP contribution in [0.4, 0.5) is 5.69 Å². The number of halogens is 1. The number of carbonyl (C=O) groups is 1. The Hall–Kier alpha value is -2.60. The summed E-state index contributed by atoms with van der Waals surface area (Å²) in [6.45, 7) is 4.15. The van der Waals surface area contributed by atoms with Crippen LogP contribution in [-0.2, 0) is 6.73 Å². The highest BCUT2D eigenvalue weighted by Gasteiger charge is 2.10. The van der Waals surface area contributed by atoms with E-state index in [1.54, 1.807) is 17.1 Å². The van der Waals surface area contributed by atoms with Gasteiger partial charge in [0.15, 0.2) is 6.73 Å². The van der Waals surface area contributed by atoms with Crippen LogP contribution in [0.15, 0.2) is 59.3 Å². The average molecular weight is 400 g/mol. The SMILES string of the molecule is Cc1ccc(C)c(C(=O)Nc2cnn(COc3ccc(Br)cc3)c2)c1. The number of aromatic nitrogens is 2. The van der Waals surface area contributed by atoms with Gasteiger partial charge in [0.1, 0.15) is 5.75 Å². The summed E-state index contributed by atoms with van der Waals surface area (Å²) >= 11 is 3.38. The first-order chi connectivity index (χ1) is 12.0. The Labute approximate surface area is 154 Å². The minimum Gasteiger partial charge on any atom is -0.471 e. The molecule has 6 heteroatoms. The normalized spacial score (nSPS) is 10.5. The maximum Gasteiger partial charge on any atom is 0.256 e. The number of rotatable bonds is 5. The van der Waals surface area contributed by atoms with E-state index < -0.39 is 0 Å². The van der Waals surface area contributed by atoms with Crippen molar-refractivity contribution in [2.75, 3.05) is 5.32 Å². The van der Waals surface area contributed by atoms with E-state index >= 15 is 0 Å². The second-order valence-corrected chi connectivity index (χ2v) is 6.68. The molecule has 0 aliphatic rings. The number of hydrogen-bond donors (Lipinski definition) is 1. The number of ether oxygens (including phenoxy) is 1. The fourth-order valence-electron chi connectivity index (χ4n) is 2.35.